The summed E-state index contributed by atoms with van der Waals surface area (Å²) in [6.45, 7) is 2.92. The number of hydrogen-bond donors (Lipinski definition) is 1. The molecule has 0 bridgehead atoms. The molecule has 1 amide bonds. The molecule has 0 radical (unpaired) electrons. The maximum Gasteiger partial charge on any atom is 0.222 e. The third kappa shape index (κ3) is 2.38. The van der Waals surface area contributed by atoms with Gasteiger partial charge in [0, 0.05) is 42.0 Å². The van der Waals surface area contributed by atoms with Crippen molar-refractivity contribution in [3.8, 4) is 0 Å². The van der Waals surface area contributed by atoms with E-state index in [-0.39, 0.29) is 0 Å². The molecule has 2 unspecified atom stereocenters. The number of likely N-dealkylation sites (tertiary alicyclic amines) is 1. The number of amides is 1. The fourth-order valence-electron chi connectivity index (χ4n) is 4.64. The molecule has 1 aliphatic heterocycles. The number of piperidine rings is 1. The lowest BCUT2D eigenvalue weighted by Gasteiger charge is -2.47. The van der Waals surface area contributed by atoms with Crippen molar-refractivity contribution in [1.29, 1.82) is 0 Å². The largest absolute Gasteiger partial charge is 0.361 e. The maximum absolute atomic E-state index is 12.6. The summed E-state index contributed by atoms with van der Waals surface area (Å²) >= 11 is 1.90. The molecule has 1 N–H and O–H groups in total. The standard InChI is InChI=1S/C19H24N2OS/c1-3-18(22)21-10-12(11-23-2)7-15-14-5-4-6-16-19(14)13(9-20-16)8-17(15)21/h4-6,9,12,15,17,20H,3,7-8,10-11H2,1-2H3/t12?,15?,17-/m1/s1. The number of carbonyl (C=O) groups is 1. The fraction of sp³-hybridized carbons (Fsp3) is 0.526. The second kappa shape index (κ2) is 5.90. The van der Waals surface area contributed by atoms with Crippen molar-refractivity contribution in [1.82, 2.24) is 9.88 Å². The molecule has 1 aliphatic carbocycles. The Morgan fingerprint density at radius 1 is 1.43 bits per heavy atom. The molecule has 4 heteroatoms. The van der Waals surface area contributed by atoms with Gasteiger partial charge in [0.25, 0.3) is 0 Å². The molecule has 122 valence electrons. The van der Waals surface area contributed by atoms with Crippen molar-refractivity contribution >= 4 is 28.6 Å². The molecule has 1 saturated heterocycles. The topological polar surface area (TPSA) is 36.1 Å². The number of hydrogen-bond acceptors (Lipinski definition) is 2. The van der Waals surface area contributed by atoms with E-state index < -0.39 is 0 Å². The highest BCUT2D eigenvalue weighted by atomic mass is 32.2. The number of nitrogens with zero attached hydrogens (tertiary/aromatic N) is 1. The van der Waals surface area contributed by atoms with Gasteiger partial charge < -0.3 is 9.88 Å². The van der Waals surface area contributed by atoms with Crippen LogP contribution in [0.4, 0.5) is 0 Å². The lowest BCUT2D eigenvalue weighted by atomic mass is 9.72. The normalized spacial score (nSPS) is 26.3. The van der Waals surface area contributed by atoms with Crippen LogP contribution in [0.25, 0.3) is 10.9 Å². The van der Waals surface area contributed by atoms with Gasteiger partial charge in [0.1, 0.15) is 0 Å². The molecule has 4 rings (SSSR count). The van der Waals surface area contributed by atoms with Crippen LogP contribution in [0.15, 0.2) is 24.4 Å². The first-order chi connectivity index (χ1) is 11.2. The molecule has 0 saturated carbocycles. The number of carbonyl (C=O) groups excluding carboxylic acids is 1. The van der Waals surface area contributed by atoms with Crippen molar-refractivity contribution in [3.05, 3.63) is 35.5 Å². The minimum absolute atomic E-state index is 0.317. The van der Waals surface area contributed by atoms with E-state index in [1.54, 1.807) is 0 Å². The SMILES string of the molecule is CCC(=O)N1CC(CSC)CC2c3cccc4[nH]cc(c34)C[C@H]21. The van der Waals surface area contributed by atoms with Crippen molar-refractivity contribution < 1.29 is 4.79 Å². The highest BCUT2D eigenvalue weighted by molar-refractivity contribution is 7.98. The summed E-state index contributed by atoms with van der Waals surface area (Å²) in [6, 6.07) is 6.95. The summed E-state index contributed by atoms with van der Waals surface area (Å²) in [5, 5.41) is 1.42. The van der Waals surface area contributed by atoms with Gasteiger partial charge in [0.15, 0.2) is 0 Å². The molecule has 23 heavy (non-hydrogen) atoms. The van der Waals surface area contributed by atoms with E-state index in [0.29, 0.717) is 30.2 Å². The zero-order valence-corrected chi connectivity index (χ0v) is 14.7. The van der Waals surface area contributed by atoms with Gasteiger partial charge in [0.2, 0.25) is 5.91 Å². The highest BCUT2D eigenvalue weighted by Crippen LogP contribution is 2.45. The van der Waals surface area contributed by atoms with Crippen LogP contribution in [0.5, 0.6) is 0 Å². The predicted octanol–water partition coefficient (Wildman–Crippen LogP) is 3.80. The number of thioether (sulfide) groups is 1. The Morgan fingerprint density at radius 3 is 3.09 bits per heavy atom. The Labute approximate surface area is 141 Å². The number of aromatic nitrogens is 1. The van der Waals surface area contributed by atoms with Gasteiger partial charge in [-0.1, -0.05) is 19.1 Å². The first-order valence-electron chi connectivity index (χ1n) is 8.60. The van der Waals surface area contributed by atoms with Gasteiger partial charge in [0.05, 0.1) is 0 Å². The zero-order valence-electron chi connectivity index (χ0n) is 13.8. The molecule has 1 fully saturated rings. The van der Waals surface area contributed by atoms with E-state index in [0.717, 1.165) is 18.7 Å². The highest BCUT2D eigenvalue weighted by Gasteiger charge is 2.41. The molecular weight excluding hydrogens is 304 g/mol. The minimum atomic E-state index is 0.317. The van der Waals surface area contributed by atoms with Crippen molar-refractivity contribution in [2.45, 2.75) is 38.1 Å². The Bertz CT molecular complexity index is 738. The third-order valence-corrected chi connectivity index (χ3v) is 6.39. The van der Waals surface area contributed by atoms with Crippen LogP contribution in [-0.2, 0) is 11.2 Å². The Morgan fingerprint density at radius 2 is 2.30 bits per heavy atom. The van der Waals surface area contributed by atoms with Gasteiger partial charge in [-0.15, -0.1) is 0 Å². The van der Waals surface area contributed by atoms with Gasteiger partial charge in [-0.3, -0.25) is 4.79 Å². The summed E-state index contributed by atoms with van der Waals surface area (Å²) in [5.74, 6) is 2.56. The minimum Gasteiger partial charge on any atom is -0.361 e. The number of nitrogens with one attached hydrogen (secondary N) is 1. The van der Waals surface area contributed by atoms with Gasteiger partial charge in [-0.2, -0.15) is 11.8 Å². The summed E-state index contributed by atoms with van der Waals surface area (Å²) in [5.41, 5.74) is 4.08. The number of benzene rings is 1. The molecule has 1 aromatic heterocycles. The van der Waals surface area contributed by atoms with E-state index >= 15 is 0 Å². The monoisotopic (exact) mass is 328 g/mol. The van der Waals surface area contributed by atoms with Crippen LogP contribution in [0.2, 0.25) is 0 Å². The molecule has 1 aromatic carbocycles. The van der Waals surface area contributed by atoms with E-state index in [1.165, 1.54) is 28.5 Å². The van der Waals surface area contributed by atoms with E-state index in [1.807, 2.05) is 18.7 Å². The average Bonchev–Trinajstić information content (AvgIpc) is 2.99. The Kier molecular flexibility index (Phi) is 3.88. The molecule has 0 spiro atoms. The second-order valence-electron chi connectivity index (χ2n) is 6.92. The molecule has 2 aliphatic rings. The van der Waals surface area contributed by atoms with Crippen molar-refractivity contribution in [2.24, 2.45) is 5.92 Å². The third-order valence-electron chi connectivity index (χ3n) is 5.58. The van der Waals surface area contributed by atoms with E-state index in [2.05, 4.69) is 40.5 Å². The van der Waals surface area contributed by atoms with E-state index in [9.17, 15) is 4.79 Å². The molecular formula is C19H24N2OS. The maximum atomic E-state index is 12.6. The van der Waals surface area contributed by atoms with Crippen LogP contribution in [-0.4, -0.2) is 40.4 Å². The van der Waals surface area contributed by atoms with Crippen LogP contribution < -0.4 is 0 Å². The van der Waals surface area contributed by atoms with Crippen LogP contribution in [0.1, 0.15) is 36.8 Å². The van der Waals surface area contributed by atoms with Crippen molar-refractivity contribution in [3.63, 3.8) is 0 Å². The number of H-pyrrole nitrogens is 1. The van der Waals surface area contributed by atoms with Crippen LogP contribution >= 0.6 is 11.8 Å². The number of rotatable bonds is 3. The fourth-order valence-corrected chi connectivity index (χ4v) is 5.35. The molecule has 2 aromatic rings. The molecule has 3 atom stereocenters. The number of aromatic amines is 1. The molecule has 3 nitrogen and oxygen atoms in total. The lowest BCUT2D eigenvalue weighted by Crippen LogP contribution is -2.52. The summed E-state index contributed by atoms with van der Waals surface area (Å²) in [7, 11) is 0. The summed E-state index contributed by atoms with van der Waals surface area (Å²) in [4.78, 5) is 18.2. The second-order valence-corrected chi connectivity index (χ2v) is 7.83. The first kappa shape index (κ1) is 15.1. The Balaban J connectivity index is 1.78. The summed E-state index contributed by atoms with van der Waals surface area (Å²) in [6.07, 6.45) is 7.14. The zero-order chi connectivity index (χ0) is 16.0. The van der Waals surface area contributed by atoms with Gasteiger partial charge >= 0.3 is 0 Å². The van der Waals surface area contributed by atoms with Crippen LogP contribution in [0.3, 0.4) is 0 Å². The first-order valence-corrected chi connectivity index (χ1v) is 9.99. The summed E-state index contributed by atoms with van der Waals surface area (Å²) < 4.78 is 0. The van der Waals surface area contributed by atoms with Crippen LogP contribution in [0, 0.1) is 5.92 Å². The smallest absolute Gasteiger partial charge is 0.222 e. The quantitative estimate of drug-likeness (QED) is 0.930. The van der Waals surface area contributed by atoms with Gasteiger partial charge in [-0.05, 0) is 48.0 Å². The number of fused-ring (bicyclic) bond motifs is 2. The Hall–Kier alpha value is -1.42. The van der Waals surface area contributed by atoms with Crippen molar-refractivity contribution in [2.75, 3.05) is 18.6 Å². The lowest BCUT2D eigenvalue weighted by molar-refractivity contribution is -0.136. The molecule has 2 heterocycles. The van der Waals surface area contributed by atoms with E-state index in [4.69, 9.17) is 0 Å². The predicted molar refractivity (Wildman–Crippen MR) is 97.0 cm³/mol. The van der Waals surface area contributed by atoms with Gasteiger partial charge in [-0.25, -0.2) is 0 Å². The average molecular weight is 328 g/mol.